The summed E-state index contributed by atoms with van der Waals surface area (Å²) in [6, 6.07) is 5.58. The molecule has 0 radical (unpaired) electrons. The van der Waals surface area contributed by atoms with Gasteiger partial charge in [-0.25, -0.2) is 9.18 Å². The van der Waals surface area contributed by atoms with E-state index in [0.717, 1.165) is 24.2 Å². The van der Waals surface area contributed by atoms with Crippen molar-refractivity contribution in [3.63, 3.8) is 0 Å². The average molecular weight is 295 g/mol. The number of hydrogen-bond acceptors (Lipinski definition) is 2. The molecule has 1 aromatic rings. The predicted octanol–water partition coefficient (Wildman–Crippen LogP) is 3.69. The van der Waals surface area contributed by atoms with Gasteiger partial charge in [-0.1, -0.05) is 44.4 Å². The van der Waals surface area contributed by atoms with Crippen LogP contribution in [-0.2, 0) is 5.72 Å². The predicted molar refractivity (Wildman–Crippen MR) is 77.3 cm³/mol. The van der Waals surface area contributed by atoms with Gasteiger partial charge in [-0.05, 0) is 25.3 Å². The van der Waals surface area contributed by atoms with Crippen LogP contribution in [0.2, 0.25) is 0 Å². The Balaban J connectivity index is 2.43. The molecule has 0 aromatic heterocycles. The fourth-order valence-electron chi connectivity index (χ4n) is 3.23. The quantitative estimate of drug-likeness (QED) is 0.833. The van der Waals surface area contributed by atoms with Crippen LogP contribution in [0.15, 0.2) is 24.3 Å². The van der Waals surface area contributed by atoms with Gasteiger partial charge in [-0.3, -0.25) is 4.90 Å². The molecular weight excluding hydrogens is 273 g/mol. The monoisotopic (exact) mass is 295 g/mol. The summed E-state index contributed by atoms with van der Waals surface area (Å²) < 4.78 is 14.1. The van der Waals surface area contributed by atoms with Gasteiger partial charge in [0.1, 0.15) is 5.82 Å². The van der Waals surface area contributed by atoms with Gasteiger partial charge in [0, 0.05) is 11.6 Å². The molecule has 1 aliphatic carbocycles. The number of aliphatic hydroxyl groups is 1. The van der Waals surface area contributed by atoms with Crippen LogP contribution in [0, 0.1) is 5.82 Å². The molecule has 0 unspecified atom stereocenters. The van der Waals surface area contributed by atoms with Crippen molar-refractivity contribution in [1.29, 1.82) is 0 Å². The minimum atomic E-state index is -1.82. The van der Waals surface area contributed by atoms with Crippen LogP contribution in [0.5, 0.6) is 0 Å². The minimum Gasteiger partial charge on any atom is -0.465 e. The van der Waals surface area contributed by atoms with Crippen molar-refractivity contribution >= 4 is 6.09 Å². The van der Waals surface area contributed by atoms with Crippen LogP contribution in [0.1, 0.15) is 51.0 Å². The summed E-state index contributed by atoms with van der Waals surface area (Å²) in [4.78, 5) is 12.8. The first-order valence-electron chi connectivity index (χ1n) is 7.50. The summed E-state index contributed by atoms with van der Waals surface area (Å²) >= 11 is 0. The lowest BCUT2D eigenvalue weighted by Gasteiger charge is -2.43. The van der Waals surface area contributed by atoms with Gasteiger partial charge in [-0.2, -0.15) is 0 Å². The lowest BCUT2D eigenvalue weighted by molar-refractivity contribution is -0.126. The largest absolute Gasteiger partial charge is 0.465 e. The van der Waals surface area contributed by atoms with E-state index in [1.165, 1.54) is 18.2 Å². The molecule has 2 N–H and O–H groups in total. The summed E-state index contributed by atoms with van der Waals surface area (Å²) in [5.41, 5.74) is -1.79. The minimum absolute atomic E-state index is 0.0282. The highest BCUT2D eigenvalue weighted by Gasteiger charge is 2.44. The van der Waals surface area contributed by atoms with E-state index < -0.39 is 17.6 Å². The Hall–Kier alpha value is -1.62. The number of rotatable bonds is 4. The van der Waals surface area contributed by atoms with Crippen molar-refractivity contribution in [2.24, 2.45) is 0 Å². The highest BCUT2D eigenvalue weighted by atomic mass is 19.1. The van der Waals surface area contributed by atoms with E-state index in [-0.39, 0.29) is 18.0 Å². The third kappa shape index (κ3) is 3.02. The second-order valence-corrected chi connectivity index (χ2v) is 5.59. The van der Waals surface area contributed by atoms with E-state index in [2.05, 4.69) is 0 Å². The summed E-state index contributed by atoms with van der Waals surface area (Å²) in [6.45, 7) is 1.67. The van der Waals surface area contributed by atoms with Crippen molar-refractivity contribution in [3.05, 3.63) is 35.6 Å². The smallest absolute Gasteiger partial charge is 0.410 e. The maximum atomic E-state index is 14.1. The topological polar surface area (TPSA) is 60.8 Å². The zero-order chi connectivity index (χ0) is 15.5. The number of benzene rings is 1. The molecule has 21 heavy (non-hydrogen) atoms. The molecule has 0 heterocycles. The molecule has 0 bridgehead atoms. The van der Waals surface area contributed by atoms with E-state index >= 15 is 0 Å². The van der Waals surface area contributed by atoms with E-state index in [1.54, 1.807) is 13.0 Å². The van der Waals surface area contributed by atoms with Crippen LogP contribution in [0.25, 0.3) is 0 Å². The molecule has 1 aliphatic rings. The Bertz CT molecular complexity index is 502. The van der Waals surface area contributed by atoms with Crippen LogP contribution >= 0.6 is 0 Å². The molecular formula is C16H22FNO3. The Morgan fingerprint density at radius 3 is 2.48 bits per heavy atom. The first kappa shape index (κ1) is 15.8. The number of carboxylic acid groups (broad SMARTS) is 1. The van der Waals surface area contributed by atoms with E-state index in [4.69, 9.17) is 0 Å². The zero-order valence-electron chi connectivity index (χ0n) is 12.3. The lowest BCUT2D eigenvalue weighted by atomic mass is 9.89. The molecule has 1 fully saturated rings. The van der Waals surface area contributed by atoms with Gasteiger partial charge in [0.15, 0.2) is 5.72 Å². The third-order valence-electron chi connectivity index (χ3n) is 4.34. The molecule has 2 rings (SSSR count). The number of amides is 1. The molecule has 1 saturated carbocycles. The standard InChI is InChI=1S/C16H22FNO3/c1-2-16(21,13-10-6-7-11-14(13)17)18(15(19)20)12-8-4-3-5-9-12/h6-7,10-12,21H,2-5,8-9H2,1H3,(H,19,20)/t16-/m0/s1. The Kier molecular flexibility index (Phi) is 4.83. The van der Waals surface area contributed by atoms with E-state index in [0.29, 0.717) is 12.8 Å². The summed E-state index contributed by atoms with van der Waals surface area (Å²) in [5, 5.41) is 20.5. The average Bonchev–Trinajstić information content (AvgIpc) is 2.48. The first-order valence-corrected chi connectivity index (χ1v) is 7.50. The van der Waals surface area contributed by atoms with Gasteiger partial charge in [0.2, 0.25) is 0 Å². The fraction of sp³-hybridized carbons (Fsp3) is 0.562. The van der Waals surface area contributed by atoms with Crippen molar-refractivity contribution in [2.45, 2.75) is 57.2 Å². The van der Waals surface area contributed by atoms with Crippen molar-refractivity contribution < 1.29 is 19.4 Å². The zero-order valence-corrected chi connectivity index (χ0v) is 12.3. The highest BCUT2D eigenvalue weighted by molar-refractivity contribution is 5.67. The molecule has 0 spiro atoms. The van der Waals surface area contributed by atoms with Crippen LogP contribution in [-0.4, -0.2) is 27.2 Å². The molecule has 0 saturated heterocycles. The van der Waals surface area contributed by atoms with Crippen LogP contribution < -0.4 is 0 Å². The summed E-state index contributed by atoms with van der Waals surface area (Å²) in [6.07, 6.45) is 3.28. The van der Waals surface area contributed by atoms with Crippen molar-refractivity contribution in [2.75, 3.05) is 0 Å². The molecule has 1 atom stereocenters. The highest BCUT2D eigenvalue weighted by Crippen LogP contribution is 2.36. The Labute approximate surface area is 124 Å². The maximum absolute atomic E-state index is 14.1. The van der Waals surface area contributed by atoms with Crippen molar-refractivity contribution in [3.8, 4) is 0 Å². The normalized spacial score (nSPS) is 19.0. The number of halogens is 1. The lowest BCUT2D eigenvalue weighted by Crippen LogP contribution is -2.54. The number of hydrogen-bond donors (Lipinski definition) is 2. The molecule has 5 heteroatoms. The maximum Gasteiger partial charge on any atom is 0.410 e. The van der Waals surface area contributed by atoms with Gasteiger partial charge in [0.25, 0.3) is 0 Å². The van der Waals surface area contributed by atoms with Crippen LogP contribution in [0.3, 0.4) is 0 Å². The Morgan fingerprint density at radius 2 is 1.95 bits per heavy atom. The van der Waals surface area contributed by atoms with E-state index in [9.17, 15) is 19.4 Å². The molecule has 0 aliphatic heterocycles. The first-order chi connectivity index (χ1) is 10.0. The van der Waals surface area contributed by atoms with E-state index in [1.807, 2.05) is 0 Å². The molecule has 1 aromatic carbocycles. The Morgan fingerprint density at radius 1 is 1.33 bits per heavy atom. The molecule has 1 amide bonds. The second kappa shape index (κ2) is 6.43. The summed E-state index contributed by atoms with van der Waals surface area (Å²) in [7, 11) is 0. The SMILES string of the molecule is CC[C@](O)(c1ccccc1F)N(C(=O)O)C1CCCCC1. The van der Waals surface area contributed by atoms with Gasteiger partial charge in [-0.15, -0.1) is 0 Å². The summed E-state index contributed by atoms with van der Waals surface area (Å²) in [5.74, 6) is -0.580. The van der Waals surface area contributed by atoms with Crippen LogP contribution in [0.4, 0.5) is 9.18 Å². The second-order valence-electron chi connectivity index (χ2n) is 5.59. The third-order valence-corrected chi connectivity index (χ3v) is 4.34. The number of nitrogens with zero attached hydrogens (tertiary/aromatic N) is 1. The number of carbonyl (C=O) groups is 1. The van der Waals surface area contributed by atoms with Gasteiger partial charge < -0.3 is 10.2 Å². The fourth-order valence-corrected chi connectivity index (χ4v) is 3.23. The van der Waals surface area contributed by atoms with Gasteiger partial charge in [0.05, 0.1) is 0 Å². The molecule has 4 nitrogen and oxygen atoms in total. The van der Waals surface area contributed by atoms with Crippen molar-refractivity contribution in [1.82, 2.24) is 4.90 Å². The van der Waals surface area contributed by atoms with Gasteiger partial charge >= 0.3 is 6.09 Å². The molecule has 116 valence electrons.